The number of rotatable bonds is 5. The quantitative estimate of drug-likeness (QED) is 0.471. The number of allylic oxidation sites excluding steroid dienone is 1. The maximum Gasteiger partial charge on any atom is 0.105 e. The predicted molar refractivity (Wildman–Crippen MR) is 119 cm³/mol. The summed E-state index contributed by atoms with van der Waals surface area (Å²) in [5.41, 5.74) is 1.40. The van der Waals surface area contributed by atoms with Crippen molar-refractivity contribution in [3.8, 4) is 0 Å². The first-order valence-electron chi connectivity index (χ1n) is 12.6. The molecule has 0 bridgehead atoms. The van der Waals surface area contributed by atoms with Gasteiger partial charge in [-0.1, -0.05) is 45.3 Å². The van der Waals surface area contributed by atoms with E-state index in [1.807, 2.05) is 0 Å². The Kier molecular flexibility index (Phi) is 5.76. The van der Waals surface area contributed by atoms with E-state index < -0.39 is 5.67 Å². The van der Waals surface area contributed by atoms with Crippen molar-refractivity contribution in [3.05, 3.63) is 11.6 Å². The molecular weight excluding hydrogens is 359 g/mol. The number of hydrogen-bond acceptors (Lipinski definition) is 1. The SMILES string of the molecule is C[C@H](CCCC(C)(C)F)[C@H]1CC[C@H]2[C@@H]3CC=C4CC(O)CC[C@]4(C)[C@H]3CC[C@]12C. The van der Waals surface area contributed by atoms with Crippen LogP contribution in [-0.4, -0.2) is 16.9 Å². The van der Waals surface area contributed by atoms with E-state index in [4.69, 9.17) is 0 Å². The zero-order valence-electron chi connectivity index (χ0n) is 19.6. The lowest BCUT2D eigenvalue weighted by molar-refractivity contribution is -0.0574. The summed E-state index contributed by atoms with van der Waals surface area (Å²) in [5.74, 6) is 4.09. The normalized spacial score (nSPS) is 45.8. The number of aliphatic hydroxyl groups excluding tert-OH is 1. The second-order valence-electron chi connectivity index (χ2n) is 12.5. The van der Waals surface area contributed by atoms with Gasteiger partial charge in [0.05, 0.1) is 6.10 Å². The van der Waals surface area contributed by atoms with Crippen molar-refractivity contribution in [2.24, 2.45) is 40.4 Å². The lowest BCUT2D eigenvalue weighted by Gasteiger charge is -2.58. The highest BCUT2D eigenvalue weighted by Gasteiger charge is 2.59. The minimum absolute atomic E-state index is 0.106. The largest absolute Gasteiger partial charge is 0.393 e. The van der Waals surface area contributed by atoms with Crippen LogP contribution in [0.2, 0.25) is 0 Å². The molecule has 0 aromatic rings. The Morgan fingerprint density at radius 1 is 1.14 bits per heavy atom. The molecule has 1 unspecified atom stereocenters. The van der Waals surface area contributed by atoms with Crippen molar-refractivity contribution in [3.63, 3.8) is 0 Å². The number of hydrogen-bond donors (Lipinski definition) is 1. The van der Waals surface area contributed by atoms with Crippen LogP contribution < -0.4 is 0 Å². The van der Waals surface area contributed by atoms with Crippen molar-refractivity contribution < 1.29 is 9.50 Å². The molecule has 0 aliphatic heterocycles. The second kappa shape index (κ2) is 7.64. The van der Waals surface area contributed by atoms with Gasteiger partial charge in [-0.15, -0.1) is 0 Å². The molecular formula is C27H45FO. The van der Waals surface area contributed by atoms with Gasteiger partial charge in [-0.05, 0) is 112 Å². The molecule has 1 N–H and O–H groups in total. The molecule has 4 rings (SSSR count). The molecule has 2 heteroatoms. The average Bonchev–Trinajstić information content (AvgIpc) is 2.98. The summed E-state index contributed by atoms with van der Waals surface area (Å²) >= 11 is 0. The summed E-state index contributed by atoms with van der Waals surface area (Å²) in [6.45, 7) is 11.0. The van der Waals surface area contributed by atoms with E-state index >= 15 is 0 Å². The maximum absolute atomic E-state index is 13.9. The lowest BCUT2D eigenvalue weighted by atomic mass is 9.47. The van der Waals surface area contributed by atoms with E-state index in [1.165, 1.54) is 44.9 Å². The van der Waals surface area contributed by atoms with Gasteiger partial charge in [-0.3, -0.25) is 0 Å². The van der Waals surface area contributed by atoms with E-state index in [-0.39, 0.29) is 6.10 Å². The van der Waals surface area contributed by atoms with Crippen LogP contribution in [0.3, 0.4) is 0 Å². The minimum Gasteiger partial charge on any atom is -0.393 e. The van der Waals surface area contributed by atoms with Gasteiger partial charge in [0.15, 0.2) is 0 Å². The highest BCUT2D eigenvalue weighted by Crippen LogP contribution is 2.67. The zero-order chi connectivity index (χ0) is 21.0. The van der Waals surface area contributed by atoms with Gasteiger partial charge in [0.25, 0.3) is 0 Å². The number of fused-ring (bicyclic) bond motifs is 5. The number of halogens is 1. The van der Waals surface area contributed by atoms with Crippen LogP contribution in [0.25, 0.3) is 0 Å². The molecule has 0 heterocycles. The molecule has 4 aliphatic carbocycles. The van der Waals surface area contributed by atoms with E-state index in [1.54, 1.807) is 19.4 Å². The summed E-state index contributed by atoms with van der Waals surface area (Å²) in [7, 11) is 0. The molecule has 0 aromatic carbocycles. The Labute approximate surface area is 178 Å². The molecule has 166 valence electrons. The van der Waals surface area contributed by atoms with Gasteiger partial charge in [-0.2, -0.15) is 0 Å². The lowest BCUT2D eigenvalue weighted by Crippen LogP contribution is -2.50. The number of aliphatic hydroxyl groups is 1. The monoisotopic (exact) mass is 404 g/mol. The van der Waals surface area contributed by atoms with Gasteiger partial charge in [-0.25, -0.2) is 4.39 Å². The Hall–Kier alpha value is -0.370. The van der Waals surface area contributed by atoms with Gasteiger partial charge >= 0.3 is 0 Å². The molecule has 0 aromatic heterocycles. The summed E-state index contributed by atoms with van der Waals surface area (Å²) in [5, 5.41) is 10.2. The molecule has 1 nitrogen and oxygen atoms in total. The first-order chi connectivity index (χ1) is 13.5. The van der Waals surface area contributed by atoms with Crippen molar-refractivity contribution in [1.82, 2.24) is 0 Å². The molecule has 8 atom stereocenters. The highest BCUT2D eigenvalue weighted by molar-refractivity contribution is 5.25. The Bertz CT molecular complexity index is 633. The third-order valence-corrected chi connectivity index (χ3v) is 10.3. The molecule has 0 radical (unpaired) electrons. The summed E-state index contributed by atoms with van der Waals surface area (Å²) in [6.07, 6.45) is 15.3. The minimum atomic E-state index is -1.02. The van der Waals surface area contributed by atoms with Gasteiger partial charge in [0.1, 0.15) is 5.67 Å². The molecule has 0 spiro atoms. The van der Waals surface area contributed by atoms with E-state index in [0.717, 1.165) is 48.9 Å². The number of alkyl halides is 1. The Morgan fingerprint density at radius 3 is 2.62 bits per heavy atom. The first kappa shape index (κ1) is 21.8. The topological polar surface area (TPSA) is 20.2 Å². The fraction of sp³-hybridized carbons (Fsp3) is 0.926. The predicted octanol–water partition coefficient (Wildman–Crippen LogP) is 7.48. The molecule has 3 saturated carbocycles. The first-order valence-corrected chi connectivity index (χ1v) is 12.6. The molecule has 29 heavy (non-hydrogen) atoms. The van der Waals surface area contributed by atoms with E-state index in [9.17, 15) is 9.50 Å². The molecule has 4 aliphatic rings. The average molecular weight is 405 g/mol. The van der Waals surface area contributed by atoms with Crippen LogP contribution in [0.4, 0.5) is 4.39 Å². The summed E-state index contributed by atoms with van der Waals surface area (Å²) in [4.78, 5) is 0. The molecule has 0 saturated heterocycles. The van der Waals surface area contributed by atoms with Gasteiger partial charge < -0.3 is 5.11 Å². The fourth-order valence-electron chi connectivity index (χ4n) is 8.66. The Balaban J connectivity index is 1.47. The Morgan fingerprint density at radius 2 is 1.90 bits per heavy atom. The molecule has 3 fully saturated rings. The van der Waals surface area contributed by atoms with Crippen LogP contribution >= 0.6 is 0 Å². The van der Waals surface area contributed by atoms with Crippen molar-refractivity contribution >= 4 is 0 Å². The fourth-order valence-corrected chi connectivity index (χ4v) is 8.66. The van der Waals surface area contributed by atoms with Gasteiger partial charge in [0.2, 0.25) is 0 Å². The van der Waals surface area contributed by atoms with Crippen LogP contribution in [0.15, 0.2) is 11.6 Å². The van der Waals surface area contributed by atoms with E-state index in [0.29, 0.717) is 17.3 Å². The van der Waals surface area contributed by atoms with Gasteiger partial charge in [0, 0.05) is 0 Å². The van der Waals surface area contributed by atoms with Crippen LogP contribution in [0.1, 0.15) is 105 Å². The zero-order valence-corrected chi connectivity index (χ0v) is 19.6. The van der Waals surface area contributed by atoms with Crippen molar-refractivity contribution in [1.29, 1.82) is 0 Å². The second-order valence-corrected chi connectivity index (χ2v) is 12.5. The third kappa shape index (κ3) is 3.85. The summed E-state index contributed by atoms with van der Waals surface area (Å²) in [6, 6.07) is 0. The van der Waals surface area contributed by atoms with E-state index in [2.05, 4.69) is 26.8 Å². The third-order valence-electron chi connectivity index (χ3n) is 10.3. The van der Waals surface area contributed by atoms with Crippen LogP contribution in [0, 0.1) is 40.4 Å². The van der Waals surface area contributed by atoms with Crippen molar-refractivity contribution in [2.45, 2.75) is 117 Å². The smallest absolute Gasteiger partial charge is 0.105 e. The highest BCUT2D eigenvalue weighted by atomic mass is 19.1. The maximum atomic E-state index is 13.9. The molecule has 0 amide bonds. The van der Waals surface area contributed by atoms with Crippen LogP contribution in [-0.2, 0) is 0 Å². The summed E-state index contributed by atoms with van der Waals surface area (Å²) < 4.78 is 13.9. The van der Waals surface area contributed by atoms with Crippen LogP contribution in [0.5, 0.6) is 0 Å². The van der Waals surface area contributed by atoms with Crippen molar-refractivity contribution in [2.75, 3.05) is 0 Å². The standard InChI is InChI=1S/C27H45FO/c1-18(7-6-14-25(2,3)28)22-10-11-23-21-9-8-19-17-20(29)12-15-26(19,4)24(21)13-16-27(22,23)5/h8,18,20-24,29H,6-7,9-17H2,1-5H3/t18-,20?,21+,22-,23+,24+,26+,27-/m1/s1.